The highest BCUT2D eigenvalue weighted by Gasteiger charge is 2.19. The molecule has 0 amide bonds. The van der Waals surface area contributed by atoms with E-state index in [0.29, 0.717) is 19.3 Å². The Hall–Kier alpha value is -1.59. The monoisotopic (exact) mass is 807 g/mol. The van der Waals surface area contributed by atoms with E-state index in [1.54, 1.807) is 0 Å². The molecule has 0 bridgehead atoms. The van der Waals surface area contributed by atoms with Crippen LogP contribution in [0.2, 0.25) is 0 Å². The predicted molar refractivity (Wildman–Crippen MR) is 243 cm³/mol. The van der Waals surface area contributed by atoms with Gasteiger partial charge in [0.1, 0.15) is 13.2 Å². The van der Waals surface area contributed by atoms with Gasteiger partial charge in [0.2, 0.25) is 0 Å². The molecule has 0 saturated heterocycles. The Labute approximate surface area is 355 Å². The first-order valence-corrected chi connectivity index (χ1v) is 25.5. The largest absolute Gasteiger partial charge is 0.462 e. The molecule has 0 aromatic carbocycles. The van der Waals surface area contributed by atoms with Crippen molar-refractivity contribution in [3.63, 3.8) is 0 Å². The van der Waals surface area contributed by atoms with Crippen LogP contribution in [0.3, 0.4) is 0 Å². The molecule has 0 aromatic heterocycles. The van der Waals surface area contributed by atoms with Gasteiger partial charge in [0.05, 0.1) is 0 Å². The summed E-state index contributed by atoms with van der Waals surface area (Å²) >= 11 is 0. The lowest BCUT2D eigenvalue weighted by Gasteiger charge is -2.18. The molecule has 0 unspecified atom stereocenters. The van der Waals surface area contributed by atoms with Crippen molar-refractivity contribution in [2.45, 2.75) is 297 Å². The van der Waals surface area contributed by atoms with Gasteiger partial charge in [-0.15, -0.1) is 0 Å². The van der Waals surface area contributed by atoms with E-state index in [-0.39, 0.29) is 31.1 Å². The van der Waals surface area contributed by atoms with E-state index in [1.807, 2.05) is 0 Å². The topological polar surface area (TPSA) is 78.9 Å². The highest BCUT2D eigenvalue weighted by molar-refractivity contribution is 5.71. The summed E-state index contributed by atoms with van der Waals surface area (Å²) in [6.45, 7) is 6.67. The lowest BCUT2D eigenvalue weighted by molar-refractivity contribution is -0.167. The second kappa shape index (κ2) is 47.1. The quantitative estimate of drug-likeness (QED) is 0.0346. The van der Waals surface area contributed by atoms with Crippen LogP contribution in [0, 0.1) is 0 Å². The van der Waals surface area contributed by atoms with Crippen molar-refractivity contribution in [2.75, 3.05) is 13.2 Å². The fraction of sp³-hybridized carbons (Fsp3) is 0.941. The predicted octanol–water partition coefficient (Wildman–Crippen LogP) is 16.4. The third-order valence-corrected chi connectivity index (χ3v) is 11.6. The fourth-order valence-corrected chi connectivity index (χ4v) is 7.74. The van der Waals surface area contributed by atoms with Crippen LogP contribution in [-0.4, -0.2) is 37.2 Å². The van der Waals surface area contributed by atoms with Crippen LogP contribution in [0.15, 0.2) is 0 Å². The zero-order valence-corrected chi connectivity index (χ0v) is 38.6. The minimum atomic E-state index is -0.759. The molecule has 0 fully saturated rings. The van der Waals surface area contributed by atoms with E-state index in [0.717, 1.165) is 57.8 Å². The first-order valence-electron chi connectivity index (χ1n) is 25.5. The van der Waals surface area contributed by atoms with Gasteiger partial charge in [0, 0.05) is 19.3 Å². The van der Waals surface area contributed by atoms with E-state index in [1.165, 1.54) is 193 Å². The van der Waals surface area contributed by atoms with E-state index >= 15 is 0 Å². The Morgan fingerprint density at radius 1 is 0.281 bits per heavy atom. The van der Waals surface area contributed by atoms with Crippen molar-refractivity contribution in [1.82, 2.24) is 0 Å². The maximum absolute atomic E-state index is 12.7. The lowest BCUT2D eigenvalue weighted by atomic mass is 10.0. The summed E-state index contributed by atoms with van der Waals surface area (Å²) in [6.07, 6.45) is 49.4. The van der Waals surface area contributed by atoms with E-state index in [2.05, 4.69) is 20.8 Å². The summed E-state index contributed by atoms with van der Waals surface area (Å²) in [7, 11) is 0. The molecule has 0 aliphatic carbocycles. The first kappa shape index (κ1) is 55.4. The van der Waals surface area contributed by atoms with E-state index < -0.39 is 6.10 Å². The maximum Gasteiger partial charge on any atom is 0.306 e. The molecule has 0 spiro atoms. The molecular formula is C51H98O6. The van der Waals surface area contributed by atoms with Crippen molar-refractivity contribution >= 4 is 17.9 Å². The summed E-state index contributed by atoms with van der Waals surface area (Å²) in [4.78, 5) is 37.9. The van der Waals surface area contributed by atoms with Gasteiger partial charge in [-0.3, -0.25) is 14.4 Å². The molecule has 0 saturated carbocycles. The molecule has 0 radical (unpaired) electrons. The molecule has 0 aliphatic heterocycles. The van der Waals surface area contributed by atoms with Crippen LogP contribution in [-0.2, 0) is 28.6 Å². The van der Waals surface area contributed by atoms with Crippen LogP contribution in [0.25, 0.3) is 0 Å². The van der Waals surface area contributed by atoms with Crippen molar-refractivity contribution in [2.24, 2.45) is 0 Å². The molecule has 0 heterocycles. The van der Waals surface area contributed by atoms with Crippen LogP contribution >= 0.6 is 0 Å². The Morgan fingerprint density at radius 3 is 0.702 bits per heavy atom. The van der Waals surface area contributed by atoms with Crippen molar-refractivity contribution < 1.29 is 28.6 Å². The minimum Gasteiger partial charge on any atom is -0.462 e. The summed E-state index contributed by atoms with van der Waals surface area (Å²) in [6, 6.07) is 0. The summed E-state index contributed by atoms with van der Waals surface area (Å²) in [5.74, 6) is -0.842. The number of carbonyl (C=O) groups is 3. The minimum absolute atomic E-state index is 0.0619. The Kier molecular flexibility index (Phi) is 45.8. The normalized spacial score (nSPS) is 11.8. The molecule has 6 nitrogen and oxygen atoms in total. The van der Waals surface area contributed by atoms with Gasteiger partial charge in [-0.25, -0.2) is 0 Å². The van der Waals surface area contributed by atoms with Crippen LogP contribution in [0.4, 0.5) is 0 Å². The summed E-state index contributed by atoms with van der Waals surface area (Å²) < 4.78 is 16.8. The number of rotatable bonds is 47. The molecule has 0 aromatic rings. The van der Waals surface area contributed by atoms with Crippen molar-refractivity contribution in [3.05, 3.63) is 0 Å². The molecular weight excluding hydrogens is 709 g/mol. The van der Waals surface area contributed by atoms with Gasteiger partial charge in [-0.05, 0) is 19.3 Å². The Bertz CT molecular complexity index is 844. The van der Waals surface area contributed by atoms with Gasteiger partial charge >= 0.3 is 17.9 Å². The molecule has 338 valence electrons. The molecule has 0 N–H and O–H groups in total. The molecule has 6 heteroatoms. The highest BCUT2D eigenvalue weighted by atomic mass is 16.6. The number of carbonyl (C=O) groups excluding carboxylic acids is 3. The van der Waals surface area contributed by atoms with E-state index in [4.69, 9.17) is 14.2 Å². The SMILES string of the molecule is CCCCCCCCCCCCCCCCCC(=O)OC[C@@H](COC(=O)CCCCCCCCCCCCCC)OC(=O)CCCCCCCCCCCCCC. The average Bonchev–Trinajstić information content (AvgIpc) is 3.21. The van der Waals surface area contributed by atoms with Crippen LogP contribution in [0.5, 0.6) is 0 Å². The summed E-state index contributed by atoms with van der Waals surface area (Å²) in [5, 5.41) is 0. The van der Waals surface area contributed by atoms with Gasteiger partial charge in [-0.2, -0.15) is 0 Å². The standard InChI is InChI=1S/C51H98O6/c1-4-7-10-13-16-19-22-25-26-27-30-32-35-38-41-44-50(53)56-47-48(57-51(54)45-42-39-36-33-29-24-21-18-15-12-9-6-3)46-55-49(52)43-40-37-34-31-28-23-20-17-14-11-8-5-2/h48H,4-47H2,1-3H3/t48-/m1/s1. The molecule has 0 aliphatic rings. The second-order valence-electron chi connectivity index (χ2n) is 17.5. The van der Waals surface area contributed by atoms with Crippen molar-refractivity contribution in [1.29, 1.82) is 0 Å². The average molecular weight is 807 g/mol. The van der Waals surface area contributed by atoms with Crippen LogP contribution < -0.4 is 0 Å². The molecule has 0 rings (SSSR count). The number of unbranched alkanes of at least 4 members (excludes halogenated alkanes) is 36. The smallest absolute Gasteiger partial charge is 0.306 e. The number of esters is 3. The molecule has 1 atom stereocenters. The van der Waals surface area contributed by atoms with Gasteiger partial charge in [0.25, 0.3) is 0 Å². The first-order chi connectivity index (χ1) is 28.0. The Balaban J connectivity index is 4.29. The highest BCUT2D eigenvalue weighted by Crippen LogP contribution is 2.17. The third kappa shape index (κ3) is 45.3. The van der Waals surface area contributed by atoms with E-state index in [9.17, 15) is 14.4 Å². The lowest BCUT2D eigenvalue weighted by Crippen LogP contribution is -2.30. The zero-order valence-electron chi connectivity index (χ0n) is 38.6. The summed E-state index contributed by atoms with van der Waals surface area (Å²) in [5.41, 5.74) is 0. The third-order valence-electron chi connectivity index (χ3n) is 11.6. The number of hydrogen-bond donors (Lipinski definition) is 0. The number of ether oxygens (including phenoxy) is 3. The van der Waals surface area contributed by atoms with Crippen LogP contribution in [0.1, 0.15) is 290 Å². The van der Waals surface area contributed by atoms with Gasteiger partial charge in [-0.1, -0.05) is 252 Å². The fourth-order valence-electron chi connectivity index (χ4n) is 7.74. The van der Waals surface area contributed by atoms with Gasteiger partial charge in [0.15, 0.2) is 6.10 Å². The molecule has 57 heavy (non-hydrogen) atoms. The maximum atomic E-state index is 12.7. The Morgan fingerprint density at radius 2 is 0.474 bits per heavy atom. The second-order valence-corrected chi connectivity index (χ2v) is 17.5. The number of hydrogen-bond acceptors (Lipinski definition) is 6. The zero-order chi connectivity index (χ0) is 41.5. The van der Waals surface area contributed by atoms with Crippen molar-refractivity contribution in [3.8, 4) is 0 Å². The van der Waals surface area contributed by atoms with Gasteiger partial charge < -0.3 is 14.2 Å².